The second-order valence-corrected chi connectivity index (χ2v) is 8.11. The summed E-state index contributed by atoms with van der Waals surface area (Å²) in [6, 6.07) is 4.72. The highest BCUT2D eigenvalue weighted by molar-refractivity contribution is 9.10. The van der Waals surface area contributed by atoms with Gasteiger partial charge >= 0.3 is 0 Å². The van der Waals surface area contributed by atoms with Crippen LogP contribution in [-0.4, -0.2) is 18.5 Å². The maximum Gasteiger partial charge on any atom is 0.242 e. The summed E-state index contributed by atoms with van der Waals surface area (Å²) in [5, 5.41) is 9.84. The summed E-state index contributed by atoms with van der Waals surface area (Å²) in [5.41, 5.74) is 0.543. The number of sulfonamides is 1. The van der Waals surface area contributed by atoms with Crippen molar-refractivity contribution in [3.63, 3.8) is 0 Å². The number of hydrogen-bond donors (Lipinski definition) is 2. The fourth-order valence-electron chi connectivity index (χ4n) is 1.68. The van der Waals surface area contributed by atoms with Crippen LogP contribution in [0, 0.1) is 0 Å². The standard InChI is InChI=1S/C13H15BrN2O3S2/c1-2-10-6-15-13(20-10)7-16-21(18,19)12-5-9(8-17)3-4-11(12)14/h3-6,16-17H,2,7-8H2,1H3. The number of thiazole rings is 1. The van der Waals surface area contributed by atoms with Crippen molar-refractivity contribution in [2.75, 3.05) is 0 Å². The molecule has 0 aliphatic heterocycles. The van der Waals surface area contributed by atoms with E-state index in [9.17, 15) is 8.42 Å². The van der Waals surface area contributed by atoms with Gasteiger partial charge in [-0.1, -0.05) is 13.0 Å². The van der Waals surface area contributed by atoms with Gasteiger partial charge in [0.1, 0.15) is 5.01 Å². The van der Waals surface area contributed by atoms with Gasteiger partial charge < -0.3 is 5.11 Å². The van der Waals surface area contributed by atoms with E-state index in [1.807, 2.05) is 6.92 Å². The molecule has 114 valence electrons. The normalized spacial score (nSPS) is 11.8. The summed E-state index contributed by atoms with van der Waals surface area (Å²) >= 11 is 4.71. The molecule has 2 N–H and O–H groups in total. The molecule has 0 saturated carbocycles. The van der Waals surface area contributed by atoms with E-state index in [1.54, 1.807) is 18.3 Å². The van der Waals surface area contributed by atoms with Crippen LogP contribution in [0.5, 0.6) is 0 Å². The van der Waals surface area contributed by atoms with Gasteiger partial charge in [0.15, 0.2) is 0 Å². The Hall–Kier alpha value is -0.800. The van der Waals surface area contributed by atoms with Crippen LogP contribution in [0.1, 0.15) is 22.4 Å². The number of hydrogen-bond acceptors (Lipinski definition) is 5. The number of rotatable bonds is 6. The quantitative estimate of drug-likeness (QED) is 0.793. The Morgan fingerprint density at radius 1 is 1.43 bits per heavy atom. The smallest absolute Gasteiger partial charge is 0.242 e. The number of nitrogens with zero attached hydrogens (tertiary/aromatic N) is 1. The molecule has 8 heteroatoms. The molecule has 5 nitrogen and oxygen atoms in total. The van der Waals surface area contributed by atoms with Crippen molar-refractivity contribution in [1.29, 1.82) is 0 Å². The Kier molecular flexibility index (Phi) is 5.50. The summed E-state index contributed by atoms with van der Waals surface area (Å²) in [6.07, 6.45) is 2.64. The fourth-order valence-corrected chi connectivity index (χ4v) is 4.57. The van der Waals surface area contributed by atoms with E-state index in [-0.39, 0.29) is 18.0 Å². The molecule has 0 aliphatic rings. The summed E-state index contributed by atoms with van der Waals surface area (Å²) in [5.74, 6) is 0. The van der Waals surface area contributed by atoms with Gasteiger partial charge in [-0.25, -0.2) is 18.1 Å². The van der Waals surface area contributed by atoms with E-state index >= 15 is 0 Å². The fraction of sp³-hybridized carbons (Fsp3) is 0.308. The van der Waals surface area contributed by atoms with Crippen LogP contribution in [0.25, 0.3) is 0 Å². The van der Waals surface area contributed by atoms with Gasteiger partial charge in [0.05, 0.1) is 18.0 Å². The first-order chi connectivity index (χ1) is 9.96. The largest absolute Gasteiger partial charge is 0.392 e. The average molecular weight is 391 g/mol. The lowest BCUT2D eigenvalue weighted by atomic mass is 10.2. The summed E-state index contributed by atoms with van der Waals surface area (Å²) in [6.45, 7) is 1.98. The van der Waals surface area contributed by atoms with Gasteiger partial charge in [0.25, 0.3) is 0 Å². The number of halogens is 1. The SMILES string of the molecule is CCc1cnc(CNS(=O)(=O)c2cc(CO)ccc2Br)s1. The monoisotopic (exact) mass is 390 g/mol. The molecule has 1 heterocycles. The molecule has 2 rings (SSSR count). The van der Waals surface area contributed by atoms with Crippen LogP contribution in [0.3, 0.4) is 0 Å². The molecule has 0 unspecified atom stereocenters. The van der Waals surface area contributed by atoms with Crippen molar-refractivity contribution in [3.05, 3.63) is 44.3 Å². The second-order valence-electron chi connectivity index (χ2n) is 4.32. The Morgan fingerprint density at radius 2 is 2.19 bits per heavy atom. The van der Waals surface area contributed by atoms with E-state index in [0.717, 1.165) is 16.3 Å². The molecular formula is C13H15BrN2O3S2. The van der Waals surface area contributed by atoms with Crippen molar-refractivity contribution < 1.29 is 13.5 Å². The number of aliphatic hydroxyl groups excluding tert-OH is 1. The third-order valence-corrected chi connectivity index (χ3v) is 6.37. The van der Waals surface area contributed by atoms with E-state index in [1.165, 1.54) is 17.4 Å². The van der Waals surface area contributed by atoms with E-state index < -0.39 is 10.0 Å². The van der Waals surface area contributed by atoms with Crippen LogP contribution in [0.15, 0.2) is 33.8 Å². The van der Waals surface area contributed by atoms with Crippen molar-refractivity contribution in [1.82, 2.24) is 9.71 Å². The van der Waals surface area contributed by atoms with E-state index in [2.05, 4.69) is 25.6 Å². The van der Waals surface area contributed by atoms with Gasteiger partial charge in [0.2, 0.25) is 10.0 Å². The summed E-state index contributed by atoms with van der Waals surface area (Å²) in [4.78, 5) is 5.41. The van der Waals surface area contributed by atoms with Gasteiger partial charge in [-0.15, -0.1) is 11.3 Å². The number of aryl methyl sites for hydroxylation is 1. The van der Waals surface area contributed by atoms with Crippen LogP contribution in [0.4, 0.5) is 0 Å². The van der Waals surface area contributed by atoms with Gasteiger partial charge in [-0.05, 0) is 40.0 Å². The molecule has 0 atom stereocenters. The third-order valence-electron chi connectivity index (χ3n) is 2.83. The molecule has 1 aromatic heterocycles. The molecule has 2 aromatic rings. The molecule has 1 aromatic carbocycles. The summed E-state index contributed by atoms with van der Waals surface area (Å²) in [7, 11) is -3.66. The Labute approximate surface area is 136 Å². The lowest BCUT2D eigenvalue weighted by Crippen LogP contribution is -2.23. The molecular weight excluding hydrogens is 376 g/mol. The maximum absolute atomic E-state index is 12.3. The molecule has 0 aliphatic carbocycles. The van der Waals surface area contributed by atoms with Crippen molar-refractivity contribution >= 4 is 37.3 Å². The highest BCUT2D eigenvalue weighted by atomic mass is 79.9. The van der Waals surface area contributed by atoms with Gasteiger partial charge in [-0.2, -0.15) is 0 Å². The molecule has 0 spiro atoms. The zero-order valence-corrected chi connectivity index (χ0v) is 14.6. The van der Waals surface area contributed by atoms with Crippen molar-refractivity contribution in [3.8, 4) is 0 Å². The minimum atomic E-state index is -3.66. The second kappa shape index (κ2) is 6.97. The summed E-state index contributed by atoms with van der Waals surface area (Å²) < 4.78 is 27.6. The molecule has 0 amide bonds. The van der Waals surface area contributed by atoms with E-state index in [0.29, 0.717) is 10.0 Å². The average Bonchev–Trinajstić information content (AvgIpc) is 2.94. The van der Waals surface area contributed by atoms with Crippen molar-refractivity contribution in [2.24, 2.45) is 0 Å². The number of benzene rings is 1. The molecule has 0 fully saturated rings. The maximum atomic E-state index is 12.3. The van der Waals surface area contributed by atoms with Crippen molar-refractivity contribution in [2.45, 2.75) is 31.4 Å². The lowest BCUT2D eigenvalue weighted by Gasteiger charge is -2.08. The number of nitrogens with one attached hydrogen (secondary N) is 1. The predicted octanol–water partition coefficient (Wildman–Crippen LogP) is 2.44. The van der Waals surface area contributed by atoms with Crippen LogP contribution >= 0.6 is 27.3 Å². The first kappa shape index (κ1) is 16.6. The zero-order chi connectivity index (χ0) is 15.5. The zero-order valence-electron chi connectivity index (χ0n) is 11.3. The first-order valence-corrected chi connectivity index (χ1v) is 9.38. The molecule has 0 radical (unpaired) electrons. The van der Waals surface area contributed by atoms with Crippen LogP contribution < -0.4 is 4.72 Å². The topological polar surface area (TPSA) is 79.3 Å². The Balaban J connectivity index is 2.18. The van der Waals surface area contributed by atoms with Crippen LogP contribution in [-0.2, 0) is 29.6 Å². The highest BCUT2D eigenvalue weighted by Gasteiger charge is 2.18. The van der Waals surface area contributed by atoms with Crippen LogP contribution in [0.2, 0.25) is 0 Å². The minimum absolute atomic E-state index is 0.112. The molecule has 0 bridgehead atoms. The number of aliphatic hydroxyl groups is 1. The molecule has 0 saturated heterocycles. The number of aromatic nitrogens is 1. The van der Waals surface area contributed by atoms with Gasteiger partial charge in [-0.3, -0.25) is 0 Å². The van der Waals surface area contributed by atoms with Gasteiger partial charge in [0, 0.05) is 15.5 Å². The minimum Gasteiger partial charge on any atom is -0.392 e. The Morgan fingerprint density at radius 3 is 2.81 bits per heavy atom. The molecule has 21 heavy (non-hydrogen) atoms. The first-order valence-electron chi connectivity index (χ1n) is 6.28. The highest BCUT2D eigenvalue weighted by Crippen LogP contribution is 2.23. The lowest BCUT2D eigenvalue weighted by molar-refractivity contribution is 0.281. The Bertz CT molecular complexity index is 729. The predicted molar refractivity (Wildman–Crippen MR) is 85.6 cm³/mol. The van der Waals surface area contributed by atoms with E-state index in [4.69, 9.17) is 5.11 Å². The third kappa shape index (κ3) is 4.10.